The third-order valence-electron chi connectivity index (χ3n) is 4.12. The van der Waals surface area contributed by atoms with Crippen molar-refractivity contribution in [2.75, 3.05) is 0 Å². The predicted octanol–water partition coefficient (Wildman–Crippen LogP) is 4.83. The zero-order valence-electron chi connectivity index (χ0n) is 14.8. The summed E-state index contributed by atoms with van der Waals surface area (Å²) in [4.78, 5) is 13.8. The van der Waals surface area contributed by atoms with Crippen LogP contribution in [-0.2, 0) is 11.3 Å². The summed E-state index contributed by atoms with van der Waals surface area (Å²) in [6.07, 6.45) is 0. The molecule has 0 unspecified atom stereocenters. The molecule has 0 aliphatic heterocycles. The largest absolute Gasteiger partial charge is 0.456 e. The molecule has 4 aromatic rings. The van der Waals surface area contributed by atoms with Gasteiger partial charge in [0.1, 0.15) is 12.3 Å². The number of rotatable bonds is 5. The number of para-hydroxylation sites is 1. The second-order valence-corrected chi connectivity index (χ2v) is 6.98. The van der Waals surface area contributed by atoms with Gasteiger partial charge in [0.25, 0.3) is 0 Å². The first kappa shape index (κ1) is 17.7. The Morgan fingerprint density at radius 3 is 2.68 bits per heavy atom. The van der Waals surface area contributed by atoms with Crippen LogP contribution in [0.4, 0.5) is 0 Å². The van der Waals surface area contributed by atoms with E-state index >= 15 is 0 Å². The number of carbonyl (C=O) groups is 1. The van der Waals surface area contributed by atoms with Crippen molar-refractivity contribution in [2.24, 2.45) is 0 Å². The smallest absolute Gasteiger partial charge is 0.357 e. The van der Waals surface area contributed by atoms with E-state index in [1.165, 1.54) is 0 Å². The zero-order chi connectivity index (χ0) is 19.3. The van der Waals surface area contributed by atoms with E-state index in [1.54, 1.807) is 40.3 Å². The van der Waals surface area contributed by atoms with E-state index in [-0.39, 0.29) is 6.61 Å². The van der Waals surface area contributed by atoms with Crippen LogP contribution in [0.1, 0.15) is 21.6 Å². The Labute approximate surface area is 166 Å². The fraction of sp³-hybridized carbons (Fsp3) is 0.0455. The SMILES string of the molecule is N#Cc1cccc(COC(=O)c2cc(-c3cccs3)nn2-c2ccccc2)c1. The van der Waals surface area contributed by atoms with E-state index in [4.69, 9.17) is 10.00 Å². The van der Waals surface area contributed by atoms with Gasteiger partial charge in [-0.1, -0.05) is 36.4 Å². The van der Waals surface area contributed by atoms with Crippen molar-refractivity contribution in [3.8, 4) is 22.3 Å². The van der Waals surface area contributed by atoms with Crippen LogP contribution in [-0.4, -0.2) is 15.7 Å². The molecule has 2 aromatic carbocycles. The molecule has 0 fully saturated rings. The summed E-state index contributed by atoms with van der Waals surface area (Å²) in [5.74, 6) is -0.471. The molecule has 0 radical (unpaired) electrons. The van der Waals surface area contributed by atoms with Crippen LogP contribution < -0.4 is 0 Å². The van der Waals surface area contributed by atoms with Crippen LogP contribution >= 0.6 is 11.3 Å². The number of esters is 1. The number of benzene rings is 2. The molecule has 28 heavy (non-hydrogen) atoms. The molecule has 6 heteroatoms. The van der Waals surface area contributed by atoms with Crippen LogP contribution in [0, 0.1) is 11.3 Å². The Morgan fingerprint density at radius 1 is 1.07 bits per heavy atom. The van der Waals surface area contributed by atoms with Crippen LogP contribution in [0.25, 0.3) is 16.3 Å². The number of carbonyl (C=O) groups excluding carboxylic acids is 1. The molecule has 0 atom stereocenters. The first-order chi connectivity index (χ1) is 13.7. The Hall–Kier alpha value is -3.69. The van der Waals surface area contributed by atoms with Crippen molar-refractivity contribution in [3.05, 3.63) is 95.0 Å². The average Bonchev–Trinajstić information content (AvgIpc) is 3.42. The molecule has 0 bridgehead atoms. The highest BCUT2D eigenvalue weighted by Gasteiger charge is 2.19. The standard InChI is InChI=1S/C22H15N3O2S/c23-14-16-6-4-7-17(12-16)15-27-22(26)20-13-19(21-10-5-11-28-21)24-25(20)18-8-2-1-3-9-18/h1-13H,15H2. The molecule has 2 aromatic heterocycles. The number of hydrogen-bond acceptors (Lipinski definition) is 5. The second kappa shape index (κ2) is 7.91. The molecule has 0 spiro atoms. The minimum atomic E-state index is -0.471. The van der Waals surface area contributed by atoms with Gasteiger partial charge in [-0.25, -0.2) is 9.48 Å². The number of ether oxygens (including phenoxy) is 1. The van der Waals surface area contributed by atoms with Gasteiger partial charge in [-0.15, -0.1) is 11.3 Å². The van der Waals surface area contributed by atoms with Gasteiger partial charge in [0.15, 0.2) is 5.69 Å². The molecule has 0 saturated carbocycles. The van der Waals surface area contributed by atoms with Crippen LogP contribution in [0.2, 0.25) is 0 Å². The monoisotopic (exact) mass is 385 g/mol. The van der Waals surface area contributed by atoms with Crippen molar-refractivity contribution in [1.29, 1.82) is 5.26 Å². The number of thiophene rings is 1. The van der Waals surface area contributed by atoms with Crippen molar-refractivity contribution in [3.63, 3.8) is 0 Å². The molecule has 0 aliphatic rings. The summed E-state index contributed by atoms with van der Waals surface area (Å²) in [7, 11) is 0. The highest BCUT2D eigenvalue weighted by atomic mass is 32.1. The molecule has 0 saturated heterocycles. The van der Waals surface area contributed by atoms with Gasteiger partial charge in [-0.05, 0) is 41.3 Å². The topological polar surface area (TPSA) is 67.9 Å². The van der Waals surface area contributed by atoms with E-state index in [9.17, 15) is 4.79 Å². The molecule has 0 amide bonds. The lowest BCUT2D eigenvalue weighted by Crippen LogP contribution is -2.12. The van der Waals surface area contributed by atoms with Crippen molar-refractivity contribution < 1.29 is 9.53 Å². The quantitative estimate of drug-likeness (QED) is 0.462. The Morgan fingerprint density at radius 2 is 1.93 bits per heavy atom. The predicted molar refractivity (Wildman–Crippen MR) is 107 cm³/mol. The van der Waals surface area contributed by atoms with Gasteiger partial charge in [-0.2, -0.15) is 10.4 Å². The lowest BCUT2D eigenvalue weighted by molar-refractivity contribution is 0.0462. The molecule has 0 aliphatic carbocycles. The minimum absolute atomic E-state index is 0.0860. The lowest BCUT2D eigenvalue weighted by Gasteiger charge is -2.08. The fourth-order valence-corrected chi connectivity index (χ4v) is 3.47. The van der Waals surface area contributed by atoms with Gasteiger partial charge >= 0.3 is 5.97 Å². The third-order valence-corrected chi connectivity index (χ3v) is 5.01. The van der Waals surface area contributed by atoms with Gasteiger partial charge in [0.05, 0.1) is 22.2 Å². The minimum Gasteiger partial charge on any atom is -0.456 e. The van der Waals surface area contributed by atoms with Crippen LogP contribution in [0.5, 0.6) is 0 Å². The summed E-state index contributed by atoms with van der Waals surface area (Å²) in [6.45, 7) is 0.0860. The summed E-state index contributed by atoms with van der Waals surface area (Å²) >= 11 is 1.56. The van der Waals surface area contributed by atoms with E-state index in [0.717, 1.165) is 21.8 Å². The molecule has 5 nitrogen and oxygen atoms in total. The lowest BCUT2D eigenvalue weighted by atomic mass is 10.1. The van der Waals surface area contributed by atoms with Gasteiger partial charge in [0.2, 0.25) is 0 Å². The van der Waals surface area contributed by atoms with E-state index in [1.807, 2.05) is 53.9 Å². The fourth-order valence-electron chi connectivity index (χ4n) is 2.79. The van der Waals surface area contributed by atoms with E-state index in [2.05, 4.69) is 11.2 Å². The van der Waals surface area contributed by atoms with E-state index in [0.29, 0.717) is 11.3 Å². The summed E-state index contributed by atoms with van der Waals surface area (Å²) in [5, 5.41) is 15.6. The number of hydrogen-bond donors (Lipinski definition) is 0. The average molecular weight is 385 g/mol. The highest BCUT2D eigenvalue weighted by molar-refractivity contribution is 7.13. The van der Waals surface area contributed by atoms with Crippen LogP contribution in [0.3, 0.4) is 0 Å². The van der Waals surface area contributed by atoms with Crippen molar-refractivity contribution in [2.45, 2.75) is 6.61 Å². The first-order valence-corrected chi connectivity index (χ1v) is 9.48. The highest BCUT2D eigenvalue weighted by Crippen LogP contribution is 2.26. The molecular formula is C22H15N3O2S. The van der Waals surface area contributed by atoms with Gasteiger partial charge in [0, 0.05) is 6.07 Å². The maximum Gasteiger partial charge on any atom is 0.357 e. The Kier molecular flexibility index (Phi) is 5.00. The summed E-state index contributed by atoms with van der Waals surface area (Å²) in [5.41, 5.74) is 3.14. The maximum absolute atomic E-state index is 12.8. The van der Waals surface area contributed by atoms with Crippen molar-refractivity contribution in [1.82, 2.24) is 9.78 Å². The number of nitriles is 1. The molecule has 2 heterocycles. The number of nitrogens with zero attached hydrogens (tertiary/aromatic N) is 3. The molecule has 4 rings (SSSR count). The summed E-state index contributed by atoms with van der Waals surface area (Å²) < 4.78 is 7.10. The first-order valence-electron chi connectivity index (χ1n) is 8.60. The zero-order valence-corrected chi connectivity index (χ0v) is 15.6. The Balaban J connectivity index is 1.63. The molecule has 136 valence electrons. The third kappa shape index (κ3) is 3.70. The normalized spacial score (nSPS) is 10.4. The maximum atomic E-state index is 12.8. The van der Waals surface area contributed by atoms with Crippen LogP contribution in [0.15, 0.2) is 78.2 Å². The number of aromatic nitrogens is 2. The van der Waals surface area contributed by atoms with Gasteiger partial charge in [-0.3, -0.25) is 0 Å². The van der Waals surface area contributed by atoms with Gasteiger partial charge < -0.3 is 4.74 Å². The second-order valence-electron chi connectivity index (χ2n) is 6.03. The van der Waals surface area contributed by atoms with Crippen molar-refractivity contribution >= 4 is 17.3 Å². The summed E-state index contributed by atoms with van der Waals surface area (Å²) in [6, 6.07) is 24.2. The molecular weight excluding hydrogens is 370 g/mol. The molecule has 0 N–H and O–H groups in total. The van der Waals surface area contributed by atoms with E-state index < -0.39 is 5.97 Å². The Bertz CT molecular complexity index is 1140.